The number of anilines is 1. The van der Waals surface area contributed by atoms with Crippen LogP contribution in [0.15, 0.2) is 18.2 Å². The number of alkyl halides is 3. The molecule has 0 fully saturated rings. The van der Waals surface area contributed by atoms with Crippen molar-refractivity contribution in [2.45, 2.75) is 6.18 Å². The Kier molecular flexibility index (Phi) is 4.47. The lowest BCUT2D eigenvalue weighted by atomic mass is 10.3. The predicted octanol–water partition coefficient (Wildman–Crippen LogP) is 3.68. The van der Waals surface area contributed by atoms with Gasteiger partial charge in [0.15, 0.2) is 0 Å². The van der Waals surface area contributed by atoms with E-state index in [0.29, 0.717) is 0 Å². The van der Waals surface area contributed by atoms with Crippen molar-refractivity contribution >= 4 is 34.9 Å². The molecule has 0 unspecified atom stereocenters. The van der Waals surface area contributed by atoms with Crippen LogP contribution >= 0.6 is 23.2 Å². The number of benzene rings is 1. The summed E-state index contributed by atoms with van der Waals surface area (Å²) in [5, 5.41) is 4.06. The van der Waals surface area contributed by atoms with E-state index in [1.165, 1.54) is 18.2 Å². The first-order chi connectivity index (χ1) is 7.79. The Morgan fingerprint density at radius 2 is 1.94 bits per heavy atom. The van der Waals surface area contributed by atoms with Gasteiger partial charge in [-0.1, -0.05) is 29.3 Å². The van der Waals surface area contributed by atoms with Crippen LogP contribution in [-0.2, 0) is 0 Å². The van der Waals surface area contributed by atoms with E-state index in [-0.39, 0.29) is 15.7 Å². The first-order valence-electron chi connectivity index (χ1n) is 4.35. The number of amides is 2. The first-order valence-corrected chi connectivity index (χ1v) is 5.11. The SMILES string of the molecule is O=C(NCC(F)(F)F)Nc1cccc(Cl)c1Cl. The van der Waals surface area contributed by atoms with E-state index in [1.807, 2.05) is 0 Å². The lowest BCUT2D eigenvalue weighted by Crippen LogP contribution is -2.36. The summed E-state index contributed by atoms with van der Waals surface area (Å²) in [5.74, 6) is 0. The van der Waals surface area contributed by atoms with E-state index in [0.717, 1.165) is 0 Å². The van der Waals surface area contributed by atoms with Crippen LogP contribution in [0.1, 0.15) is 0 Å². The highest BCUT2D eigenvalue weighted by Gasteiger charge is 2.27. The van der Waals surface area contributed by atoms with Crippen LogP contribution in [-0.4, -0.2) is 18.8 Å². The zero-order valence-corrected chi connectivity index (χ0v) is 9.75. The smallest absolute Gasteiger partial charge is 0.329 e. The molecule has 2 N–H and O–H groups in total. The Morgan fingerprint density at radius 3 is 2.53 bits per heavy atom. The first kappa shape index (κ1) is 13.9. The zero-order chi connectivity index (χ0) is 13.1. The number of rotatable bonds is 2. The van der Waals surface area contributed by atoms with Crippen LogP contribution in [0.2, 0.25) is 10.0 Å². The fraction of sp³-hybridized carbons (Fsp3) is 0.222. The molecule has 0 atom stereocenters. The van der Waals surface area contributed by atoms with Crippen molar-refractivity contribution in [1.29, 1.82) is 0 Å². The molecule has 0 saturated heterocycles. The molecule has 0 aliphatic rings. The van der Waals surface area contributed by atoms with Gasteiger partial charge in [-0.25, -0.2) is 4.79 Å². The molecule has 2 amide bonds. The monoisotopic (exact) mass is 286 g/mol. The average molecular weight is 287 g/mol. The van der Waals surface area contributed by atoms with Crippen molar-refractivity contribution in [3.8, 4) is 0 Å². The highest BCUT2D eigenvalue weighted by atomic mass is 35.5. The molecule has 1 aromatic carbocycles. The van der Waals surface area contributed by atoms with Crippen LogP contribution in [0.25, 0.3) is 0 Å². The molecule has 1 rings (SSSR count). The van der Waals surface area contributed by atoms with E-state index in [1.54, 1.807) is 5.32 Å². The van der Waals surface area contributed by atoms with E-state index in [4.69, 9.17) is 23.2 Å². The van der Waals surface area contributed by atoms with E-state index in [9.17, 15) is 18.0 Å². The second-order valence-corrected chi connectivity index (χ2v) is 3.81. The summed E-state index contributed by atoms with van der Waals surface area (Å²) >= 11 is 11.4. The molecule has 17 heavy (non-hydrogen) atoms. The molecule has 0 heterocycles. The number of hydrogen-bond acceptors (Lipinski definition) is 1. The summed E-state index contributed by atoms with van der Waals surface area (Å²) in [6, 6.07) is 3.41. The number of halogens is 5. The lowest BCUT2D eigenvalue weighted by molar-refractivity contribution is -0.122. The van der Waals surface area contributed by atoms with Gasteiger partial charge >= 0.3 is 12.2 Å². The highest BCUT2D eigenvalue weighted by molar-refractivity contribution is 6.43. The number of carbonyl (C=O) groups is 1. The third-order valence-corrected chi connectivity index (χ3v) is 2.47. The average Bonchev–Trinajstić information content (AvgIpc) is 2.21. The maximum atomic E-state index is 11.8. The number of urea groups is 1. The fourth-order valence-electron chi connectivity index (χ4n) is 0.947. The number of nitrogens with one attached hydrogen (secondary N) is 2. The molecule has 94 valence electrons. The summed E-state index contributed by atoms with van der Waals surface area (Å²) in [7, 11) is 0. The Balaban J connectivity index is 2.60. The van der Waals surface area contributed by atoms with Crippen molar-refractivity contribution in [3.63, 3.8) is 0 Å². The number of hydrogen-bond donors (Lipinski definition) is 2. The zero-order valence-electron chi connectivity index (χ0n) is 8.24. The highest BCUT2D eigenvalue weighted by Crippen LogP contribution is 2.29. The van der Waals surface area contributed by atoms with Crippen molar-refractivity contribution in [2.75, 3.05) is 11.9 Å². The largest absolute Gasteiger partial charge is 0.405 e. The molecule has 0 aromatic heterocycles. The van der Waals surface area contributed by atoms with Crippen LogP contribution < -0.4 is 10.6 Å². The maximum Gasteiger partial charge on any atom is 0.405 e. The van der Waals surface area contributed by atoms with Crippen molar-refractivity contribution in [1.82, 2.24) is 5.32 Å². The molecule has 1 aromatic rings. The summed E-state index contributed by atoms with van der Waals surface area (Å²) in [6.45, 7) is -1.42. The molecule has 0 radical (unpaired) electrons. The maximum absolute atomic E-state index is 11.8. The Bertz CT molecular complexity index is 423. The van der Waals surface area contributed by atoms with Crippen molar-refractivity contribution in [3.05, 3.63) is 28.2 Å². The van der Waals surface area contributed by atoms with Crippen LogP contribution in [0, 0.1) is 0 Å². The van der Waals surface area contributed by atoms with Gasteiger partial charge in [-0.05, 0) is 12.1 Å². The normalized spacial score (nSPS) is 11.1. The van der Waals surface area contributed by atoms with Gasteiger partial charge in [-0.15, -0.1) is 0 Å². The van der Waals surface area contributed by atoms with Crippen LogP contribution in [0.5, 0.6) is 0 Å². The molecule has 0 saturated carbocycles. The van der Waals surface area contributed by atoms with E-state index < -0.39 is 18.8 Å². The van der Waals surface area contributed by atoms with Gasteiger partial charge in [0, 0.05) is 0 Å². The predicted molar refractivity (Wildman–Crippen MR) is 59.5 cm³/mol. The standard InChI is InChI=1S/C9H7Cl2F3N2O/c10-5-2-1-3-6(7(5)11)16-8(17)15-4-9(12,13)14/h1-3H,4H2,(H2,15,16,17). The van der Waals surface area contributed by atoms with Gasteiger partial charge in [-0.2, -0.15) is 13.2 Å². The minimum Gasteiger partial charge on any atom is -0.329 e. The third-order valence-electron chi connectivity index (χ3n) is 1.65. The van der Waals surface area contributed by atoms with Crippen molar-refractivity contribution in [2.24, 2.45) is 0 Å². The van der Waals surface area contributed by atoms with E-state index >= 15 is 0 Å². The minimum absolute atomic E-state index is 0.0660. The molecule has 3 nitrogen and oxygen atoms in total. The topological polar surface area (TPSA) is 41.1 Å². The summed E-state index contributed by atoms with van der Waals surface area (Å²) in [6.07, 6.45) is -4.46. The summed E-state index contributed by atoms with van der Waals surface area (Å²) in [4.78, 5) is 11.1. The van der Waals surface area contributed by atoms with Crippen LogP contribution in [0.4, 0.5) is 23.7 Å². The molecule has 8 heteroatoms. The Hall–Kier alpha value is -1.14. The summed E-state index contributed by atoms with van der Waals surface area (Å²) in [5.41, 5.74) is 0.138. The van der Waals surface area contributed by atoms with Gasteiger partial charge in [0.25, 0.3) is 0 Å². The van der Waals surface area contributed by atoms with Crippen LogP contribution in [0.3, 0.4) is 0 Å². The molecule has 0 aliphatic heterocycles. The Morgan fingerprint density at radius 1 is 1.29 bits per heavy atom. The lowest BCUT2D eigenvalue weighted by Gasteiger charge is -2.11. The second-order valence-electron chi connectivity index (χ2n) is 3.02. The quantitative estimate of drug-likeness (QED) is 0.856. The van der Waals surface area contributed by atoms with Gasteiger partial charge in [-0.3, -0.25) is 0 Å². The van der Waals surface area contributed by atoms with Gasteiger partial charge in [0.05, 0.1) is 15.7 Å². The molecular formula is C9H7Cl2F3N2O. The fourth-order valence-corrected chi connectivity index (χ4v) is 1.30. The molecule has 0 spiro atoms. The van der Waals surface area contributed by atoms with Crippen molar-refractivity contribution < 1.29 is 18.0 Å². The second kappa shape index (κ2) is 5.46. The Labute approximate surface area is 105 Å². The third kappa shape index (κ3) is 4.70. The van der Waals surface area contributed by atoms with Gasteiger partial charge in [0.2, 0.25) is 0 Å². The summed E-state index contributed by atoms with van der Waals surface area (Å²) < 4.78 is 35.4. The molecule has 0 aliphatic carbocycles. The van der Waals surface area contributed by atoms with E-state index in [2.05, 4.69) is 5.32 Å². The number of carbonyl (C=O) groups excluding carboxylic acids is 1. The van der Waals surface area contributed by atoms with Gasteiger partial charge < -0.3 is 10.6 Å². The molecule has 0 bridgehead atoms. The van der Waals surface area contributed by atoms with Gasteiger partial charge in [0.1, 0.15) is 6.54 Å². The minimum atomic E-state index is -4.46. The molecular weight excluding hydrogens is 280 g/mol.